The van der Waals surface area contributed by atoms with Gasteiger partial charge in [-0.1, -0.05) is 19.3 Å². The molecule has 0 aromatic heterocycles. The summed E-state index contributed by atoms with van der Waals surface area (Å²) in [5.74, 6) is -0.649. The van der Waals surface area contributed by atoms with Crippen molar-refractivity contribution in [3.8, 4) is 0 Å². The van der Waals surface area contributed by atoms with E-state index in [2.05, 4.69) is 5.32 Å². The van der Waals surface area contributed by atoms with Crippen molar-refractivity contribution >= 4 is 11.9 Å². The molecule has 1 saturated carbocycles. The third kappa shape index (κ3) is 3.45. The molecule has 102 valence electrons. The number of hydrogen-bond donors (Lipinski definition) is 2. The molecule has 2 atom stereocenters. The van der Waals surface area contributed by atoms with E-state index in [9.17, 15) is 9.59 Å². The number of carboxylic acids is 1. The van der Waals surface area contributed by atoms with Crippen molar-refractivity contribution in [3.05, 3.63) is 0 Å². The second kappa shape index (κ2) is 6.18. The SMILES string of the molecule is O=C(NCC1CCC(C(=O)O)O1)C1CCCCC1. The average Bonchev–Trinajstić information content (AvgIpc) is 2.86. The number of hydrogen-bond acceptors (Lipinski definition) is 3. The van der Waals surface area contributed by atoms with Crippen molar-refractivity contribution in [2.45, 2.75) is 57.2 Å². The molecule has 0 bridgehead atoms. The minimum atomic E-state index is -0.906. The van der Waals surface area contributed by atoms with Gasteiger partial charge in [0.15, 0.2) is 6.10 Å². The van der Waals surface area contributed by atoms with E-state index in [1.165, 1.54) is 6.42 Å². The largest absolute Gasteiger partial charge is 0.479 e. The highest BCUT2D eigenvalue weighted by Gasteiger charge is 2.31. The Balaban J connectivity index is 1.68. The Kier molecular flexibility index (Phi) is 4.58. The highest BCUT2D eigenvalue weighted by molar-refractivity contribution is 5.78. The number of aliphatic carboxylic acids is 1. The Morgan fingerprint density at radius 1 is 1.11 bits per heavy atom. The fourth-order valence-corrected chi connectivity index (χ4v) is 2.76. The van der Waals surface area contributed by atoms with E-state index < -0.39 is 12.1 Å². The topological polar surface area (TPSA) is 75.6 Å². The molecule has 1 aliphatic heterocycles. The number of rotatable bonds is 4. The first-order chi connectivity index (χ1) is 8.66. The first-order valence-electron chi connectivity index (χ1n) is 6.83. The van der Waals surface area contributed by atoms with E-state index in [0.717, 1.165) is 25.7 Å². The Morgan fingerprint density at radius 3 is 2.44 bits per heavy atom. The maximum Gasteiger partial charge on any atom is 0.332 e. The lowest BCUT2D eigenvalue weighted by molar-refractivity contribution is -0.149. The van der Waals surface area contributed by atoms with E-state index in [1.807, 2.05) is 0 Å². The van der Waals surface area contributed by atoms with Crippen molar-refractivity contribution in [2.24, 2.45) is 5.92 Å². The smallest absolute Gasteiger partial charge is 0.332 e. The maximum absolute atomic E-state index is 11.9. The van der Waals surface area contributed by atoms with Crippen LogP contribution in [0.3, 0.4) is 0 Å². The van der Waals surface area contributed by atoms with Gasteiger partial charge in [-0.15, -0.1) is 0 Å². The van der Waals surface area contributed by atoms with Crippen LogP contribution in [0.1, 0.15) is 44.9 Å². The van der Waals surface area contributed by atoms with E-state index in [4.69, 9.17) is 9.84 Å². The predicted molar refractivity (Wildman–Crippen MR) is 65.1 cm³/mol. The summed E-state index contributed by atoms with van der Waals surface area (Å²) in [4.78, 5) is 22.6. The number of nitrogens with one attached hydrogen (secondary N) is 1. The number of ether oxygens (including phenoxy) is 1. The molecule has 0 aromatic carbocycles. The summed E-state index contributed by atoms with van der Waals surface area (Å²) in [6.45, 7) is 0.444. The van der Waals surface area contributed by atoms with Crippen molar-refractivity contribution < 1.29 is 19.4 Å². The Hall–Kier alpha value is -1.10. The number of carbonyl (C=O) groups is 2. The Morgan fingerprint density at radius 2 is 1.83 bits per heavy atom. The lowest BCUT2D eigenvalue weighted by atomic mass is 9.88. The van der Waals surface area contributed by atoms with Gasteiger partial charge in [0.2, 0.25) is 5.91 Å². The van der Waals surface area contributed by atoms with Gasteiger partial charge >= 0.3 is 5.97 Å². The van der Waals surface area contributed by atoms with Crippen LogP contribution in [0.15, 0.2) is 0 Å². The zero-order valence-corrected chi connectivity index (χ0v) is 10.6. The van der Waals surface area contributed by atoms with Crippen LogP contribution in [-0.4, -0.2) is 35.7 Å². The fraction of sp³-hybridized carbons (Fsp3) is 0.846. The molecule has 0 aromatic rings. The second-order valence-electron chi connectivity index (χ2n) is 5.24. The fourth-order valence-electron chi connectivity index (χ4n) is 2.76. The predicted octanol–water partition coefficient (Wildman–Crippen LogP) is 1.32. The summed E-state index contributed by atoms with van der Waals surface area (Å²) in [5.41, 5.74) is 0. The molecule has 2 aliphatic rings. The second-order valence-corrected chi connectivity index (χ2v) is 5.24. The van der Waals surface area contributed by atoms with Crippen LogP contribution in [-0.2, 0) is 14.3 Å². The minimum absolute atomic E-state index is 0.108. The van der Waals surface area contributed by atoms with Gasteiger partial charge in [-0.25, -0.2) is 4.79 Å². The van der Waals surface area contributed by atoms with Gasteiger partial charge in [-0.05, 0) is 25.7 Å². The van der Waals surface area contributed by atoms with Gasteiger partial charge in [0.25, 0.3) is 0 Å². The van der Waals surface area contributed by atoms with Crippen LogP contribution in [0.2, 0.25) is 0 Å². The lowest BCUT2D eigenvalue weighted by Crippen LogP contribution is -2.37. The van der Waals surface area contributed by atoms with E-state index in [-0.39, 0.29) is 17.9 Å². The molecule has 18 heavy (non-hydrogen) atoms. The van der Waals surface area contributed by atoms with Gasteiger partial charge in [0.05, 0.1) is 6.10 Å². The summed E-state index contributed by atoms with van der Waals surface area (Å²) in [6, 6.07) is 0. The van der Waals surface area contributed by atoms with E-state index in [0.29, 0.717) is 19.4 Å². The molecular weight excluding hydrogens is 234 g/mol. The van der Waals surface area contributed by atoms with E-state index >= 15 is 0 Å². The number of carboxylic acid groups (broad SMARTS) is 1. The van der Waals surface area contributed by atoms with Crippen molar-refractivity contribution in [3.63, 3.8) is 0 Å². The van der Waals surface area contributed by atoms with Crippen LogP contribution in [0, 0.1) is 5.92 Å². The molecule has 0 radical (unpaired) electrons. The van der Waals surface area contributed by atoms with Crippen LogP contribution >= 0.6 is 0 Å². The summed E-state index contributed by atoms with van der Waals surface area (Å²) in [7, 11) is 0. The quantitative estimate of drug-likeness (QED) is 0.794. The molecule has 0 spiro atoms. The molecule has 1 amide bonds. The highest BCUT2D eigenvalue weighted by Crippen LogP contribution is 2.24. The molecular formula is C13H21NO4. The molecule has 1 heterocycles. The van der Waals surface area contributed by atoms with Gasteiger partial charge in [0, 0.05) is 12.5 Å². The molecule has 1 aliphatic carbocycles. The molecule has 2 unspecified atom stereocenters. The molecule has 2 N–H and O–H groups in total. The van der Waals surface area contributed by atoms with Crippen LogP contribution in [0.5, 0.6) is 0 Å². The molecule has 5 nitrogen and oxygen atoms in total. The highest BCUT2D eigenvalue weighted by atomic mass is 16.5. The number of carbonyl (C=O) groups excluding carboxylic acids is 1. The minimum Gasteiger partial charge on any atom is -0.479 e. The van der Waals surface area contributed by atoms with Gasteiger partial charge in [-0.3, -0.25) is 4.79 Å². The maximum atomic E-state index is 11.9. The number of amides is 1. The zero-order valence-electron chi connectivity index (χ0n) is 10.6. The monoisotopic (exact) mass is 255 g/mol. The summed E-state index contributed by atoms with van der Waals surface area (Å²) >= 11 is 0. The van der Waals surface area contributed by atoms with Gasteiger partial charge < -0.3 is 15.2 Å². The Bertz CT molecular complexity index is 312. The third-order valence-corrected chi connectivity index (χ3v) is 3.86. The van der Waals surface area contributed by atoms with E-state index in [1.54, 1.807) is 0 Å². The van der Waals surface area contributed by atoms with Crippen molar-refractivity contribution in [1.82, 2.24) is 5.32 Å². The third-order valence-electron chi connectivity index (χ3n) is 3.86. The van der Waals surface area contributed by atoms with Crippen molar-refractivity contribution in [1.29, 1.82) is 0 Å². The average molecular weight is 255 g/mol. The first-order valence-corrected chi connectivity index (χ1v) is 6.83. The molecule has 1 saturated heterocycles. The molecule has 2 fully saturated rings. The lowest BCUT2D eigenvalue weighted by Gasteiger charge is -2.21. The zero-order chi connectivity index (χ0) is 13.0. The van der Waals surface area contributed by atoms with Crippen LogP contribution in [0.25, 0.3) is 0 Å². The Labute approximate surface area is 107 Å². The van der Waals surface area contributed by atoms with Crippen LogP contribution < -0.4 is 5.32 Å². The standard InChI is InChI=1S/C13H21NO4/c15-12(9-4-2-1-3-5-9)14-8-10-6-7-11(18-10)13(16)17/h9-11H,1-8H2,(H,14,15)(H,16,17). The van der Waals surface area contributed by atoms with Gasteiger partial charge in [0.1, 0.15) is 0 Å². The molecule has 2 rings (SSSR count). The summed E-state index contributed by atoms with van der Waals surface area (Å²) < 4.78 is 5.35. The van der Waals surface area contributed by atoms with Gasteiger partial charge in [-0.2, -0.15) is 0 Å². The van der Waals surface area contributed by atoms with Crippen molar-refractivity contribution in [2.75, 3.05) is 6.54 Å². The summed E-state index contributed by atoms with van der Waals surface area (Å²) in [6.07, 6.45) is 5.89. The molecule has 5 heteroatoms. The summed E-state index contributed by atoms with van der Waals surface area (Å²) in [5, 5.41) is 11.7. The normalized spacial score (nSPS) is 29.1. The first kappa shape index (κ1) is 13.3. The van der Waals surface area contributed by atoms with Crippen LogP contribution in [0.4, 0.5) is 0 Å².